The third-order valence-electron chi connectivity index (χ3n) is 7.54. The molecule has 1 amide bonds. The van der Waals surface area contributed by atoms with Crippen molar-refractivity contribution in [1.82, 2.24) is 10.8 Å². The number of carboxylic acid groups (broad SMARTS) is 2. The zero-order valence-electron chi connectivity index (χ0n) is 25.1. The van der Waals surface area contributed by atoms with Gasteiger partial charge in [0, 0.05) is 13.1 Å². The van der Waals surface area contributed by atoms with Crippen LogP contribution < -0.4 is 10.8 Å². The maximum atomic E-state index is 13.0. The van der Waals surface area contributed by atoms with Crippen LogP contribution in [0, 0.1) is 0 Å². The summed E-state index contributed by atoms with van der Waals surface area (Å²) in [4.78, 5) is 42.2. The monoisotopic (exact) mass is 614 g/mol. The van der Waals surface area contributed by atoms with Gasteiger partial charge in [-0.3, -0.25) is 9.63 Å². The van der Waals surface area contributed by atoms with E-state index in [1.165, 1.54) is 6.07 Å². The standard InChI is InChI=1S/C38H34N2O6/c41-36(35-22-31(16-18-34(35)38(44)45)20-27-9-5-2-6-10-27)39-23-28-11-13-29(14-12-28)24-40-46-25-32-21-30(15-17-33(32)37(42)43)19-26-7-3-1-4-8-26/h1-18,21-22,40H,19-20,23-25H2,(H,39,41)(H,42,43)(H,44,45). The summed E-state index contributed by atoms with van der Waals surface area (Å²) in [6, 6.07) is 37.4. The van der Waals surface area contributed by atoms with Crippen molar-refractivity contribution in [1.29, 1.82) is 0 Å². The lowest BCUT2D eigenvalue weighted by molar-refractivity contribution is 0.0226. The number of carbonyl (C=O) groups is 3. The van der Waals surface area contributed by atoms with Gasteiger partial charge >= 0.3 is 11.9 Å². The van der Waals surface area contributed by atoms with Crippen molar-refractivity contribution in [2.24, 2.45) is 0 Å². The van der Waals surface area contributed by atoms with E-state index in [4.69, 9.17) is 4.84 Å². The van der Waals surface area contributed by atoms with E-state index in [2.05, 4.69) is 10.8 Å². The molecule has 4 N–H and O–H groups in total. The van der Waals surface area contributed by atoms with Crippen molar-refractivity contribution in [3.05, 3.63) is 177 Å². The molecule has 232 valence electrons. The molecule has 0 aliphatic carbocycles. The number of benzene rings is 5. The lowest BCUT2D eigenvalue weighted by atomic mass is 9.98. The summed E-state index contributed by atoms with van der Waals surface area (Å²) in [5.74, 6) is -2.62. The van der Waals surface area contributed by atoms with Crippen LogP contribution in [0.1, 0.15) is 70.0 Å². The Balaban J connectivity index is 1.13. The van der Waals surface area contributed by atoms with E-state index in [9.17, 15) is 24.6 Å². The van der Waals surface area contributed by atoms with Gasteiger partial charge < -0.3 is 15.5 Å². The molecule has 0 aliphatic heterocycles. The summed E-state index contributed by atoms with van der Waals surface area (Å²) >= 11 is 0. The van der Waals surface area contributed by atoms with Crippen LogP contribution in [0.15, 0.2) is 121 Å². The first-order chi connectivity index (χ1) is 22.4. The summed E-state index contributed by atoms with van der Waals surface area (Å²) in [6.07, 6.45) is 1.27. The number of carboxylic acids is 2. The van der Waals surface area contributed by atoms with Crippen molar-refractivity contribution in [2.75, 3.05) is 0 Å². The second kappa shape index (κ2) is 15.4. The van der Waals surface area contributed by atoms with E-state index >= 15 is 0 Å². The van der Waals surface area contributed by atoms with Crippen molar-refractivity contribution < 1.29 is 29.4 Å². The number of aromatic carboxylic acids is 2. The molecule has 5 aromatic rings. The Bertz CT molecular complexity index is 1810. The summed E-state index contributed by atoms with van der Waals surface area (Å²) in [6.45, 7) is 0.691. The molecule has 0 saturated carbocycles. The van der Waals surface area contributed by atoms with Crippen LogP contribution in [0.2, 0.25) is 0 Å². The molecular formula is C38H34N2O6. The van der Waals surface area contributed by atoms with Gasteiger partial charge in [-0.1, -0.05) is 103 Å². The highest BCUT2D eigenvalue weighted by Crippen LogP contribution is 2.18. The molecule has 8 heteroatoms. The number of hydrogen-bond acceptors (Lipinski definition) is 5. The van der Waals surface area contributed by atoms with Crippen LogP contribution in [0.25, 0.3) is 0 Å². The minimum atomic E-state index is -1.16. The number of nitrogens with one attached hydrogen (secondary N) is 2. The summed E-state index contributed by atoms with van der Waals surface area (Å²) in [7, 11) is 0. The van der Waals surface area contributed by atoms with E-state index < -0.39 is 17.8 Å². The van der Waals surface area contributed by atoms with Crippen LogP contribution in [-0.2, 0) is 37.4 Å². The second-order valence-electron chi connectivity index (χ2n) is 10.9. The van der Waals surface area contributed by atoms with Crippen LogP contribution >= 0.6 is 0 Å². The van der Waals surface area contributed by atoms with E-state index in [1.807, 2.05) is 97.1 Å². The third kappa shape index (κ3) is 8.75. The Morgan fingerprint density at radius 3 is 1.59 bits per heavy atom. The van der Waals surface area contributed by atoms with E-state index in [0.29, 0.717) is 24.9 Å². The molecule has 0 aliphatic rings. The normalized spacial score (nSPS) is 10.8. The first-order valence-corrected chi connectivity index (χ1v) is 14.9. The highest BCUT2D eigenvalue weighted by atomic mass is 16.6. The molecule has 46 heavy (non-hydrogen) atoms. The SMILES string of the molecule is O=C(O)c1ccc(Cc2ccccc2)cc1CONCc1ccc(CNC(=O)c2cc(Cc3ccccc3)ccc2C(=O)O)cc1. The van der Waals surface area contributed by atoms with Gasteiger partial charge in [-0.05, 0) is 70.0 Å². The highest BCUT2D eigenvalue weighted by Gasteiger charge is 2.17. The lowest BCUT2D eigenvalue weighted by Gasteiger charge is -2.12. The molecule has 0 spiro atoms. The average Bonchev–Trinajstić information content (AvgIpc) is 3.07. The van der Waals surface area contributed by atoms with Gasteiger partial charge in [-0.2, -0.15) is 5.48 Å². The van der Waals surface area contributed by atoms with Crippen molar-refractivity contribution in [3.63, 3.8) is 0 Å². The van der Waals surface area contributed by atoms with E-state index in [1.54, 1.807) is 18.2 Å². The lowest BCUT2D eigenvalue weighted by Crippen LogP contribution is -2.25. The highest BCUT2D eigenvalue weighted by molar-refractivity contribution is 6.05. The maximum absolute atomic E-state index is 13.0. The Hall–Kier alpha value is -5.57. The Kier molecular flexibility index (Phi) is 10.7. The van der Waals surface area contributed by atoms with Gasteiger partial charge in [0.1, 0.15) is 0 Å². The van der Waals surface area contributed by atoms with Gasteiger partial charge in [0.15, 0.2) is 0 Å². The minimum absolute atomic E-state index is 0.0471. The van der Waals surface area contributed by atoms with Gasteiger partial charge in [0.25, 0.3) is 5.91 Å². The summed E-state index contributed by atoms with van der Waals surface area (Å²) in [5, 5.41) is 22.1. The first kappa shape index (κ1) is 31.8. The molecule has 5 aromatic carbocycles. The number of hydroxylamine groups is 1. The third-order valence-corrected chi connectivity index (χ3v) is 7.54. The average molecular weight is 615 g/mol. The zero-order valence-corrected chi connectivity index (χ0v) is 25.1. The second-order valence-corrected chi connectivity index (χ2v) is 10.9. The van der Waals surface area contributed by atoms with Crippen molar-refractivity contribution >= 4 is 17.8 Å². The first-order valence-electron chi connectivity index (χ1n) is 14.9. The fraction of sp³-hybridized carbons (Fsp3) is 0.132. The van der Waals surface area contributed by atoms with Gasteiger partial charge in [-0.25, -0.2) is 9.59 Å². The van der Waals surface area contributed by atoms with Crippen LogP contribution in [-0.4, -0.2) is 28.1 Å². The van der Waals surface area contributed by atoms with Crippen LogP contribution in [0.4, 0.5) is 0 Å². The molecule has 0 radical (unpaired) electrons. The number of hydrogen-bond donors (Lipinski definition) is 4. The largest absolute Gasteiger partial charge is 0.478 e. The fourth-order valence-electron chi connectivity index (χ4n) is 5.14. The molecule has 0 fully saturated rings. The number of amides is 1. The number of rotatable bonds is 14. The summed E-state index contributed by atoms with van der Waals surface area (Å²) in [5.41, 5.74) is 9.56. The van der Waals surface area contributed by atoms with Gasteiger partial charge in [-0.15, -0.1) is 0 Å². The predicted octanol–water partition coefficient (Wildman–Crippen LogP) is 6.42. The topological polar surface area (TPSA) is 125 Å². The Morgan fingerprint density at radius 1 is 0.522 bits per heavy atom. The minimum Gasteiger partial charge on any atom is -0.478 e. The maximum Gasteiger partial charge on any atom is 0.336 e. The molecule has 0 aromatic heterocycles. The fourth-order valence-corrected chi connectivity index (χ4v) is 5.14. The van der Waals surface area contributed by atoms with E-state index in [0.717, 1.165) is 33.4 Å². The molecule has 0 atom stereocenters. The molecule has 8 nitrogen and oxygen atoms in total. The molecule has 0 unspecified atom stereocenters. The van der Waals surface area contributed by atoms with Gasteiger partial charge in [0.2, 0.25) is 0 Å². The van der Waals surface area contributed by atoms with Gasteiger partial charge in [0.05, 0.1) is 23.3 Å². The summed E-state index contributed by atoms with van der Waals surface area (Å²) < 4.78 is 0. The quantitative estimate of drug-likeness (QED) is 0.0841. The predicted molar refractivity (Wildman–Crippen MR) is 175 cm³/mol. The Labute approximate surface area is 267 Å². The Morgan fingerprint density at radius 2 is 1.02 bits per heavy atom. The van der Waals surface area contributed by atoms with Crippen molar-refractivity contribution in [3.8, 4) is 0 Å². The van der Waals surface area contributed by atoms with Crippen LogP contribution in [0.3, 0.4) is 0 Å². The van der Waals surface area contributed by atoms with E-state index in [-0.39, 0.29) is 29.8 Å². The molecular weight excluding hydrogens is 580 g/mol. The number of carbonyl (C=O) groups excluding carboxylic acids is 1. The van der Waals surface area contributed by atoms with Crippen molar-refractivity contribution in [2.45, 2.75) is 32.5 Å². The molecule has 0 heterocycles. The molecule has 5 rings (SSSR count). The molecule has 0 bridgehead atoms. The zero-order chi connectivity index (χ0) is 32.3. The van der Waals surface area contributed by atoms with Crippen LogP contribution in [0.5, 0.6) is 0 Å². The smallest absolute Gasteiger partial charge is 0.336 e. The molecule has 0 saturated heterocycles.